The number of amides is 1. The van der Waals surface area contributed by atoms with Gasteiger partial charge in [0.2, 0.25) is 0 Å². The van der Waals surface area contributed by atoms with Crippen LogP contribution >= 0.6 is 0 Å². The summed E-state index contributed by atoms with van der Waals surface area (Å²) in [5, 5.41) is 11.6. The number of esters is 1. The monoisotopic (exact) mass is 400 g/mol. The first kappa shape index (κ1) is 22.3. The molecule has 7 heteroatoms. The molecular formula is C22H28N2O5. The Kier molecular flexibility index (Phi) is 8.53. The normalized spacial score (nSPS) is 21.2. The van der Waals surface area contributed by atoms with Gasteiger partial charge in [0.1, 0.15) is 6.07 Å². The van der Waals surface area contributed by atoms with E-state index in [1.54, 1.807) is 24.3 Å². The molecule has 0 spiro atoms. The number of benzene rings is 1. The highest BCUT2D eigenvalue weighted by atomic mass is 16.5. The van der Waals surface area contributed by atoms with Crippen LogP contribution < -0.4 is 14.8 Å². The Morgan fingerprint density at radius 2 is 2.07 bits per heavy atom. The zero-order chi connectivity index (χ0) is 21.2. The lowest BCUT2D eigenvalue weighted by atomic mass is 9.78. The van der Waals surface area contributed by atoms with Crippen LogP contribution in [0.2, 0.25) is 0 Å². The van der Waals surface area contributed by atoms with Crippen LogP contribution in [0, 0.1) is 23.2 Å². The largest absolute Gasteiger partial charge is 0.493 e. The fraction of sp³-hybridized carbons (Fsp3) is 0.500. The average Bonchev–Trinajstić information content (AvgIpc) is 2.72. The Bertz CT molecular complexity index is 784. The molecule has 1 saturated carbocycles. The minimum absolute atomic E-state index is 0.0848. The Hall–Kier alpha value is -3.01. The Labute approximate surface area is 171 Å². The lowest BCUT2D eigenvalue weighted by Gasteiger charge is -2.34. The minimum Gasteiger partial charge on any atom is -0.493 e. The molecule has 1 N–H and O–H groups in total. The summed E-state index contributed by atoms with van der Waals surface area (Å²) in [6, 6.07) is 7.07. The number of nitrogens with one attached hydrogen (secondary N) is 1. The minimum atomic E-state index is -0.603. The van der Waals surface area contributed by atoms with E-state index >= 15 is 0 Å². The second-order valence-corrected chi connectivity index (χ2v) is 7.24. The van der Waals surface area contributed by atoms with E-state index in [0.29, 0.717) is 28.9 Å². The molecule has 0 radical (unpaired) electrons. The molecule has 1 amide bonds. The summed E-state index contributed by atoms with van der Waals surface area (Å²) in [6.07, 6.45) is 6.05. The van der Waals surface area contributed by atoms with E-state index in [1.807, 2.05) is 6.07 Å². The summed E-state index contributed by atoms with van der Waals surface area (Å²) in [4.78, 5) is 24.0. The number of carbonyl (C=O) groups excluding carboxylic acids is 2. The van der Waals surface area contributed by atoms with Gasteiger partial charge in [-0.3, -0.25) is 4.79 Å². The molecule has 0 aliphatic heterocycles. The van der Waals surface area contributed by atoms with Gasteiger partial charge in [-0.15, -0.1) is 0 Å². The van der Waals surface area contributed by atoms with Crippen LogP contribution in [0.4, 0.5) is 0 Å². The number of hydrogen-bond donors (Lipinski definition) is 1. The fourth-order valence-electron chi connectivity index (χ4n) is 3.40. The summed E-state index contributed by atoms with van der Waals surface area (Å²) >= 11 is 0. The van der Waals surface area contributed by atoms with E-state index in [-0.39, 0.29) is 25.2 Å². The lowest BCUT2D eigenvalue weighted by molar-refractivity contribution is -0.144. The number of ether oxygens (including phenoxy) is 3. The zero-order valence-electron chi connectivity index (χ0n) is 17.1. The smallest absolute Gasteiger partial charge is 0.331 e. The average molecular weight is 400 g/mol. The van der Waals surface area contributed by atoms with Crippen LogP contribution in [0.5, 0.6) is 11.5 Å². The standard InChI is InChI=1S/C22H28N2O5/c1-15-5-4-6-18(16(15)2)24-21(25)14-29-22(26)10-8-17-7-9-19(28-12-11-23)20(13-17)27-3/h7-10,13,15-16,18H,4-6,12,14H2,1-3H3,(H,24,25)/b10-8+/t15-,16+,18-/m0/s1. The molecule has 2 rings (SSSR count). The third-order valence-electron chi connectivity index (χ3n) is 5.29. The lowest BCUT2D eigenvalue weighted by Crippen LogP contribution is -2.45. The van der Waals surface area contributed by atoms with Crippen molar-refractivity contribution in [2.75, 3.05) is 20.3 Å². The highest BCUT2D eigenvalue weighted by molar-refractivity contribution is 5.89. The number of nitrogens with zero attached hydrogens (tertiary/aromatic N) is 1. The van der Waals surface area contributed by atoms with Crippen molar-refractivity contribution in [2.24, 2.45) is 11.8 Å². The Morgan fingerprint density at radius 3 is 2.79 bits per heavy atom. The van der Waals surface area contributed by atoms with Crippen LogP contribution in [0.3, 0.4) is 0 Å². The number of carbonyl (C=O) groups is 2. The van der Waals surface area contributed by atoms with E-state index < -0.39 is 5.97 Å². The predicted molar refractivity (Wildman–Crippen MR) is 108 cm³/mol. The van der Waals surface area contributed by atoms with Crippen molar-refractivity contribution in [1.29, 1.82) is 5.26 Å². The van der Waals surface area contributed by atoms with Crippen molar-refractivity contribution in [1.82, 2.24) is 5.32 Å². The van der Waals surface area contributed by atoms with Crippen molar-refractivity contribution in [3.8, 4) is 17.6 Å². The van der Waals surface area contributed by atoms with Crippen LogP contribution in [0.1, 0.15) is 38.7 Å². The molecular weight excluding hydrogens is 372 g/mol. The van der Waals surface area contributed by atoms with Crippen LogP contribution in [-0.4, -0.2) is 38.2 Å². The van der Waals surface area contributed by atoms with Crippen molar-refractivity contribution in [3.05, 3.63) is 29.8 Å². The van der Waals surface area contributed by atoms with Crippen LogP contribution in [0.15, 0.2) is 24.3 Å². The molecule has 156 valence electrons. The van der Waals surface area contributed by atoms with Gasteiger partial charge >= 0.3 is 5.97 Å². The number of nitriles is 1. The number of methoxy groups -OCH3 is 1. The van der Waals surface area contributed by atoms with Crippen LogP contribution in [0.25, 0.3) is 6.08 Å². The maximum Gasteiger partial charge on any atom is 0.331 e. The van der Waals surface area contributed by atoms with Crippen molar-refractivity contribution in [3.63, 3.8) is 0 Å². The van der Waals surface area contributed by atoms with Gasteiger partial charge in [-0.1, -0.05) is 32.8 Å². The van der Waals surface area contributed by atoms with Crippen molar-refractivity contribution in [2.45, 2.75) is 39.2 Å². The van der Waals surface area contributed by atoms with Gasteiger partial charge in [-0.25, -0.2) is 4.79 Å². The highest BCUT2D eigenvalue weighted by Gasteiger charge is 2.28. The van der Waals surface area contributed by atoms with Crippen molar-refractivity contribution < 1.29 is 23.8 Å². The summed E-state index contributed by atoms with van der Waals surface area (Å²) < 4.78 is 15.5. The quantitative estimate of drug-likeness (QED) is 0.532. The molecule has 0 heterocycles. The summed E-state index contributed by atoms with van der Waals surface area (Å²) in [5.74, 6) is 1.00. The second-order valence-electron chi connectivity index (χ2n) is 7.24. The molecule has 1 aromatic rings. The van der Waals surface area contributed by atoms with Gasteiger partial charge in [0.15, 0.2) is 24.7 Å². The van der Waals surface area contributed by atoms with Crippen LogP contribution in [-0.2, 0) is 14.3 Å². The Morgan fingerprint density at radius 1 is 1.28 bits per heavy atom. The molecule has 1 aliphatic carbocycles. The first-order chi connectivity index (χ1) is 13.9. The maximum atomic E-state index is 12.1. The fourth-order valence-corrected chi connectivity index (χ4v) is 3.40. The molecule has 1 fully saturated rings. The predicted octanol–water partition coefficient (Wildman–Crippen LogP) is 3.09. The SMILES string of the molecule is COc1cc(/C=C/C(=O)OCC(=O)N[C@H]2CCC[C@H](C)[C@H]2C)ccc1OCC#N. The molecule has 0 unspecified atom stereocenters. The van der Waals surface area contributed by atoms with E-state index in [2.05, 4.69) is 19.2 Å². The third-order valence-corrected chi connectivity index (χ3v) is 5.29. The molecule has 0 saturated heterocycles. The topological polar surface area (TPSA) is 97.7 Å². The van der Waals surface area contributed by atoms with E-state index in [9.17, 15) is 9.59 Å². The van der Waals surface area contributed by atoms with E-state index in [1.165, 1.54) is 19.6 Å². The third kappa shape index (κ3) is 6.83. The van der Waals surface area contributed by atoms with Gasteiger partial charge < -0.3 is 19.5 Å². The second kappa shape index (κ2) is 11.1. The van der Waals surface area contributed by atoms with Gasteiger partial charge in [-0.05, 0) is 42.0 Å². The maximum absolute atomic E-state index is 12.1. The van der Waals surface area contributed by atoms with Crippen molar-refractivity contribution >= 4 is 18.0 Å². The molecule has 1 aliphatic rings. The molecule has 1 aromatic carbocycles. The summed E-state index contributed by atoms with van der Waals surface area (Å²) in [5.41, 5.74) is 0.692. The van der Waals surface area contributed by atoms with Gasteiger partial charge in [0.05, 0.1) is 7.11 Å². The summed E-state index contributed by atoms with van der Waals surface area (Å²) in [7, 11) is 1.49. The van der Waals surface area contributed by atoms with Gasteiger partial charge in [0, 0.05) is 12.1 Å². The van der Waals surface area contributed by atoms with E-state index in [4.69, 9.17) is 19.5 Å². The molecule has 0 aromatic heterocycles. The first-order valence-corrected chi connectivity index (χ1v) is 9.76. The zero-order valence-corrected chi connectivity index (χ0v) is 17.1. The molecule has 3 atom stereocenters. The van der Waals surface area contributed by atoms with Gasteiger partial charge in [0.25, 0.3) is 5.91 Å². The first-order valence-electron chi connectivity index (χ1n) is 9.76. The number of hydrogen-bond acceptors (Lipinski definition) is 6. The highest BCUT2D eigenvalue weighted by Crippen LogP contribution is 2.29. The molecule has 7 nitrogen and oxygen atoms in total. The molecule has 0 bridgehead atoms. The summed E-state index contributed by atoms with van der Waals surface area (Å²) in [6.45, 7) is 3.96. The Balaban J connectivity index is 1.83. The van der Waals surface area contributed by atoms with E-state index in [0.717, 1.165) is 12.8 Å². The molecule has 29 heavy (non-hydrogen) atoms. The van der Waals surface area contributed by atoms with Gasteiger partial charge in [-0.2, -0.15) is 5.26 Å². The number of rotatable bonds is 8.